The van der Waals surface area contributed by atoms with Gasteiger partial charge in [-0.2, -0.15) is 0 Å². The van der Waals surface area contributed by atoms with Crippen LogP contribution in [0.2, 0.25) is 0 Å². The molecule has 0 aliphatic rings. The summed E-state index contributed by atoms with van der Waals surface area (Å²) in [6.45, 7) is 5.49. The van der Waals surface area contributed by atoms with Crippen LogP contribution < -0.4 is 0 Å². The van der Waals surface area contributed by atoms with E-state index in [1.165, 1.54) is 34.1 Å². The van der Waals surface area contributed by atoms with E-state index in [9.17, 15) is 0 Å². The topological polar surface area (TPSA) is 19.0 Å². The third-order valence-corrected chi connectivity index (χ3v) is 3.31. The number of aryl methyl sites for hydroxylation is 3. The molecule has 0 unspecified atom stereocenters. The minimum absolute atomic E-state index is 1.15. The Morgan fingerprint density at radius 1 is 1.18 bits per heavy atom. The molecule has 0 aliphatic heterocycles. The molecule has 0 radical (unpaired) electrons. The first-order valence-electron chi connectivity index (χ1n) is 6.30. The Kier molecular flexibility index (Phi) is 3.53. The van der Waals surface area contributed by atoms with Gasteiger partial charge < -0.3 is 9.88 Å². The summed E-state index contributed by atoms with van der Waals surface area (Å²) in [6.07, 6.45) is 2.38. The van der Waals surface area contributed by atoms with Gasteiger partial charge in [0.2, 0.25) is 0 Å². The highest BCUT2D eigenvalue weighted by Gasteiger charge is 2.08. The summed E-state index contributed by atoms with van der Waals surface area (Å²) in [5.74, 6) is 0. The van der Waals surface area contributed by atoms with Crippen LogP contribution in [0.1, 0.15) is 23.2 Å². The largest absolute Gasteiger partial charge is 0.358 e. The van der Waals surface area contributed by atoms with E-state index in [2.05, 4.69) is 56.0 Å². The Balaban J connectivity index is 2.26. The first kappa shape index (κ1) is 12.2. The Hall–Kier alpha value is -1.28. The monoisotopic (exact) mass is 230 g/mol. The van der Waals surface area contributed by atoms with Gasteiger partial charge in [-0.15, -0.1) is 0 Å². The van der Waals surface area contributed by atoms with Gasteiger partial charge in [0, 0.05) is 16.6 Å². The molecule has 1 aromatic carbocycles. The lowest BCUT2D eigenvalue weighted by atomic mass is 10.0. The van der Waals surface area contributed by atoms with Crippen molar-refractivity contribution >= 4 is 10.9 Å². The number of H-pyrrole nitrogens is 1. The maximum atomic E-state index is 3.48. The molecule has 0 fully saturated rings. The number of nitrogens with one attached hydrogen (secondary N) is 1. The number of fused-ring (bicyclic) bond motifs is 1. The molecule has 0 aliphatic carbocycles. The zero-order valence-corrected chi connectivity index (χ0v) is 11.3. The number of aromatic amines is 1. The number of hydrogen-bond acceptors (Lipinski definition) is 1. The second kappa shape index (κ2) is 4.92. The lowest BCUT2D eigenvalue weighted by Gasteiger charge is -2.09. The van der Waals surface area contributed by atoms with Crippen LogP contribution in [0, 0.1) is 13.8 Å². The van der Waals surface area contributed by atoms with Crippen LogP contribution in [0.25, 0.3) is 10.9 Å². The van der Waals surface area contributed by atoms with Gasteiger partial charge >= 0.3 is 0 Å². The van der Waals surface area contributed by atoms with Crippen LogP contribution >= 0.6 is 0 Å². The van der Waals surface area contributed by atoms with Crippen LogP contribution in [0.3, 0.4) is 0 Å². The summed E-state index contributed by atoms with van der Waals surface area (Å²) in [7, 11) is 4.26. The lowest BCUT2D eigenvalue weighted by Crippen LogP contribution is -2.13. The Morgan fingerprint density at radius 3 is 2.65 bits per heavy atom. The fourth-order valence-corrected chi connectivity index (χ4v) is 2.39. The molecule has 0 atom stereocenters. The first-order chi connectivity index (χ1) is 8.08. The lowest BCUT2D eigenvalue weighted by molar-refractivity contribution is 0.400. The molecule has 17 heavy (non-hydrogen) atoms. The maximum absolute atomic E-state index is 3.48. The van der Waals surface area contributed by atoms with Gasteiger partial charge in [0.1, 0.15) is 0 Å². The zero-order valence-electron chi connectivity index (χ0n) is 11.3. The van der Waals surface area contributed by atoms with Gasteiger partial charge in [-0.05, 0) is 65.0 Å². The van der Waals surface area contributed by atoms with Crippen molar-refractivity contribution in [1.82, 2.24) is 9.88 Å². The number of aromatic nitrogens is 1. The van der Waals surface area contributed by atoms with Crippen LogP contribution in [0.5, 0.6) is 0 Å². The van der Waals surface area contributed by atoms with Crippen LogP contribution in [-0.2, 0) is 6.42 Å². The summed E-state index contributed by atoms with van der Waals surface area (Å²) in [5, 5.41) is 1.40. The second-order valence-electron chi connectivity index (χ2n) is 5.18. The van der Waals surface area contributed by atoms with Gasteiger partial charge in [0.15, 0.2) is 0 Å². The van der Waals surface area contributed by atoms with Gasteiger partial charge in [0.25, 0.3) is 0 Å². The summed E-state index contributed by atoms with van der Waals surface area (Å²) >= 11 is 0. The Labute approximate surface area is 104 Å². The molecule has 2 heteroatoms. The first-order valence-corrected chi connectivity index (χ1v) is 6.30. The van der Waals surface area contributed by atoms with E-state index in [4.69, 9.17) is 0 Å². The van der Waals surface area contributed by atoms with E-state index in [0.29, 0.717) is 0 Å². The molecular formula is C15H22N2. The van der Waals surface area contributed by atoms with Gasteiger partial charge in [0.05, 0.1) is 0 Å². The summed E-state index contributed by atoms with van der Waals surface area (Å²) in [6, 6.07) is 6.65. The van der Waals surface area contributed by atoms with Gasteiger partial charge in [-0.25, -0.2) is 0 Å². The quantitative estimate of drug-likeness (QED) is 0.854. The van der Waals surface area contributed by atoms with Gasteiger partial charge in [-0.3, -0.25) is 0 Å². The molecule has 1 aromatic heterocycles. The molecule has 1 N–H and O–H groups in total. The molecule has 2 nitrogen and oxygen atoms in total. The molecule has 92 valence electrons. The predicted octanol–water partition coefficient (Wildman–Crippen LogP) is 3.28. The van der Waals surface area contributed by atoms with Crippen molar-refractivity contribution in [3.63, 3.8) is 0 Å². The molecule has 0 saturated heterocycles. The van der Waals surface area contributed by atoms with E-state index in [-0.39, 0.29) is 0 Å². The van der Waals surface area contributed by atoms with E-state index in [1.54, 1.807) is 0 Å². The summed E-state index contributed by atoms with van der Waals surface area (Å²) in [4.78, 5) is 5.72. The predicted molar refractivity (Wildman–Crippen MR) is 74.6 cm³/mol. The van der Waals surface area contributed by atoms with E-state index in [1.807, 2.05) is 0 Å². The normalized spacial score (nSPS) is 11.6. The molecule has 2 rings (SSSR count). The van der Waals surface area contributed by atoms with Crippen LogP contribution in [0.4, 0.5) is 0 Å². The fraction of sp³-hybridized carbons (Fsp3) is 0.467. The van der Waals surface area contributed by atoms with Crippen molar-refractivity contribution in [2.24, 2.45) is 0 Å². The molecule has 1 heterocycles. The highest BCUT2D eigenvalue weighted by atomic mass is 15.0. The Morgan fingerprint density at radius 2 is 1.94 bits per heavy atom. The molecule has 0 amide bonds. The maximum Gasteiger partial charge on any atom is 0.0459 e. The SMILES string of the molecule is Cc1ccc2[nH]c(C)c(CCCN(C)C)c2c1. The highest BCUT2D eigenvalue weighted by molar-refractivity contribution is 5.85. The van der Waals surface area contributed by atoms with Crippen LogP contribution in [0.15, 0.2) is 18.2 Å². The van der Waals surface area contributed by atoms with Crippen molar-refractivity contribution in [2.45, 2.75) is 26.7 Å². The molecule has 2 aromatic rings. The van der Waals surface area contributed by atoms with E-state index < -0.39 is 0 Å². The molecule has 0 saturated carbocycles. The standard InChI is InChI=1S/C15H22N2/c1-11-7-8-15-14(10-11)13(12(2)16-15)6-5-9-17(3)4/h7-8,10,16H,5-6,9H2,1-4H3. The smallest absolute Gasteiger partial charge is 0.0459 e. The Bertz CT molecular complexity index is 509. The van der Waals surface area contributed by atoms with Crippen molar-refractivity contribution in [1.29, 1.82) is 0 Å². The summed E-state index contributed by atoms with van der Waals surface area (Å²) in [5.41, 5.74) is 5.42. The molecule has 0 spiro atoms. The molecule has 0 bridgehead atoms. The van der Waals surface area contributed by atoms with Crippen LogP contribution in [-0.4, -0.2) is 30.5 Å². The molecular weight excluding hydrogens is 208 g/mol. The van der Waals surface area contributed by atoms with Crippen molar-refractivity contribution in [2.75, 3.05) is 20.6 Å². The second-order valence-corrected chi connectivity index (χ2v) is 5.18. The third kappa shape index (κ3) is 2.70. The van der Waals surface area contributed by atoms with E-state index >= 15 is 0 Å². The average molecular weight is 230 g/mol. The van der Waals surface area contributed by atoms with Crippen molar-refractivity contribution in [3.8, 4) is 0 Å². The fourth-order valence-electron chi connectivity index (χ4n) is 2.39. The third-order valence-electron chi connectivity index (χ3n) is 3.31. The summed E-state index contributed by atoms with van der Waals surface area (Å²) < 4.78 is 0. The number of nitrogens with zero attached hydrogens (tertiary/aromatic N) is 1. The average Bonchev–Trinajstić information content (AvgIpc) is 2.55. The highest BCUT2D eigenvalue weighted by Crippen LogP contribution is 2.24. The number of rotatable bonds is 4. The van der Waals surface area contributed by atoms with Gasteiger partial charge in [-0.1, -0.05) is 11.6 Å². The number of hydrogen-bond donors (Lipinski definition) is 1. The zero-order chi connectivity index (χ0) is 12.4. The van der Waals surface area contributed by atoms with E-state index in [0.717, 1.165) is 13.0 Å². The minimum atomic E-state index is 1.15. The van der Waals surface area contributed by atoms with Crippen molar-refractivity contribution < 1.29 is 0 Å². The van der Waals surface area contributed by atoms with Crippen molar-refractivity contribution in [3.05, 3.63) is 35.0 Å². The number of benzene rings is 1. The minimum Gasteiger partial charge on any atom is -0.358 e.